The molecule has 2 aromatic rings. The van der Waals surface area contributed by atoms with E-state index in [2.05, 4.69) is 21.8 Å². The number of likely N-dealkylation sites (N-methyl/N-ethyl adjacent to an activating group) is 1. The van der Waals surface area contributed by atoms with E-state index < -0.39 is 0 Å². The van der Waals surface area contributed by atoms with Gasteiger partial charge in [0.25, 0.3) is 5.91 Å². The van der Waals surface area contributed by atoms with E-state index in [1.54, 1.807) is 6.20 Å². The Labute approximate surface area is 172 Å². The molecule has 1 spiro atoms. The van der Waals surface area contributed by atoms with Gasteiger partial charge in [0.05, 0.1) is 24.9 Å². The number of carbonyl (C=O) groups is 1. The van der Waals surface area contributed by atoms with Gasteiger partial charge < -0.3 is 19.4 Å². The first-order valence-electron chi connectivity index (χ1n) is 10.9. The maximum Gasteiger partial charge on any atom is 0.272 e. The van der Waals surface area contributed by atoms with Crippen LogP contribution in [0.3, 0.4) is 0 Å². The monoisotopic (exact) mass is 397 g/mol. The van der Waals surface area contributed by atoms with Gasteiger partial charge in [0.2, 0.25) is 0 Å². The Morgan fingerprint density at radius 1 is 1.24 bits per heavy atom. The molecule has 0 radical (unpaired) electrons. The van der Waals surface area contributed by atoms with Crippen LogP contribution in [0.2, 0.25) is 0 Å². The van der Waals surface area contributed by atoms with E-state index in [-0.39, 0.29) is 11.5 Å². The first-order chi connectivity index (χ1) is 14.1. The molecule has 1 amide bonds. The summed E-state index contributed by atoms with van der Waals surface area (Å²) in [7, 11) is 2.20. The molecule has 7 nitrogen and oxygen atoms in total. The molecule has 3 fully saturated rings. The number of hydrogen-bond donors (Lipinski definition) is 0. The smallest absolute Gasteiger partial charge is 0.272 e. The molecule has 156 valence electrons. The lowest BCUT2D eigenvalue weighted by molar-refractivity contribution is -0.0452. The number of carbonyl (C=O) groups excluding carboxylic acids is 1. The fraction of sp³-hybridized carbons (Fsp3) is 0.636. The van der Waals surface area contributed by atoms with E-state index >= 15 is 0 Å². The van der Waals surface area contributed by atoms with E-state index in [1.807, 2.05) is 33.7 Å². The number of piperazine rings is 1. The maximum atomic E-state index is 13.2. The Hall–Kier alpha value is -1.96. The van der Waals surface area contributed by atoms with E-state index in [4.69, 9.17) is 4.74 Å². The molecule has 0 unspecified atom stereocenters. The second-order valence-corrected chi connectivity index (χ2v) is 9.07. The van der Waals surface area contributed by atoms with Gasteiger partial charge in [-0.3, -0.25) is 9.20 Å². The normalized spacial score (nSPS) is 29.1. The van der Waals surface area contributed by atoms with Gasteiger partial charge >= 0.3 is 0 Å². The second-order valence-electron chi connectivity index (χ2n) is 9.07. The van der Waals surface area contributed by atoms with Gasteiger partial charge in [-0.15, -0.1) is 0 Å². The number of rotatable bonds is 3. The van der Waals surface area contributed by atoms with Crippen LogP contribution >= 0.6 is 0 Å². The summed E-state index contributed by atoms with van der Waals surface area (Å²) in [5, 5.41) is 0. The highest BCUT2D eigenvalue weighted by molar-refractivity contribution is 5.93. The van der Waals surface area contributed by atoms with Crippen molar-refractivity contribution in [2.75, 3.05) is 59.5 Å². The van der Waals surface area contributed by atoms with Gasteiger partial charge in [0, 0.05) is 45.5 Å². The van der Waals surface area contributed by atoms with E-state index in [1.165, 1.54) is 0 Å². The number of pyridine rings is 1. The van der Waals surface area contributed by atoms with Crippen molar-refractivity contribution < 1.29 is 9.53 Å². The molecule has 0 aliphatic carbocycles. The SMILES string of the molecule is CN1CCN(C[C@H]2CO[C@@]3(CCCN(C(=O)c4cnc5ccccn45)C3)C2)CC1. The Morgan fingerprint density at radius 3 is 2.97 bits per heavy atom. The minimum absolute atomic E-state index is 0.0638. The molecule has 3 saturated heterocycles. The van der Waals surface area contributed by atoms with Crippen LogP contribution in [0.4, 0.5) is 0 Å². The third-order valence-corrected chi connectivity index (χ3v) is 6.86. The quantitative estimate of drug-likeness (QED) is 0.787. The molecule has 3 aliphatic heterocycles. The Kier molecular flexibility index (Phi) is 5.05. The van der Waals surface area contributed by atoms with Crippen LogP contribution in [0.1, 0.15) is 29.8 Å². The average Bonchev–Trinajstić information content (AvgIpc) is 3.34. The zero-order chi connectivity index (χ0) is 19.8. The van der Waals surface area contributed by atoms with Gasteiger partial charge in [-0.2, -0.15) is 0 Å². The van der Waals surface area contributed by atoms with E-state index in [0.29, 0.717) is 18.2 Å². The van der Waals surface area contributed by atoms with Crippen LogP contribution in [0, 0.1) is 5.92 Å². The molecule has 29 heavy (non-hydrogen) atoms. The van der Waals surface area contributed by atoms with Crippen molar-refractivity contribution >= 4 is 11.6 Å². The predicted molar refractivity (Wildman–Crippen MR) is 111 cm³/mol. The molecular weight excluding hydrogens is 366 g/mol. The molecule has 0 saturated carbocycles. The van der Waals surface area contributed by atoms with Gasteiger partial charge in [0.15, 0.2) is 0 Å². The minimum atomic E-state index is -0.161. The number of imidazole rings is 1. The number of piperidine rings is 1. The van der Waals surface area contributed by atoms with Crippen molar-refractivity contribution in [2.45, 2.75) is 24.9 Å². The van der Waals surface area contributed by atoms with Crippen LogP contribution in [0.15, 0.2) is 30.6 Å². The number of hydrogen-bond acceptors (Lipinski definition) is 5. The van der Waals surface area contributed by atoms with Crippen LogP contribution < -0.4 is 0 Å². The van der Waals surface area contributed by atoms with Gasteiger partial charge in [-0.1, -0.05) is 6.07 Å². The summed E-state index contributed by atoms with van der Waals surface area (Å²) in [4.78, 5) is 24.6. The van der Waals surface area contributed by atoms with Crippen LogP contribution in [-0.4, -0.2) is 95.1 Å². The highest BCUT2D eigenvalue weighted by atomic mass is 16.5. The van der Waals surface area contributed by atoms with Crippen molar-refractivity contribution in [1.82, 2.24) is 24.1 Å². The summed E-state index contributed by atoms with van der Waals surface area (Å²) in [6.45, 7) is 8.05. The zero-order valence-electron chi connectivity index (χ0n) is 17.3. The molecule has 0 aromatic carbocycles. The van der Waals surface area contributed by atoms with Crippen molar-refractivity contribution in [2.24, 2.45) is 5.92 Å². The van der Waals surface area contributed by atoms with Gasteiger partial charge in [-0.25, -0.2) is 4.98 Å². The molecule has 0 bridgehead atoms. The highest BCUT2D eigenvalue weighted by Gasteiger charge is 2.45. The molecule has 2 aromatic heterocycles. The molecular formula is C22H31N5O2. The number of nitrogens with zero attached hydrogens (tertiary/aromatic N) is 5. The van der Waals surface area contributed by atoms with E-state index in [0.717, 1.165) is 70.8 Å². The average molecular weight is 398 g/mol. The lowest BCUT2D eigenvalue weighted by Gasteiger charge is -2.40. The van der Waals surface area contributed by atoms with Crippen LogP contribution in [-0.2, 0) is 4.74 Å². The number of amides is 1. The summed E-state index contributed by atoms with van der Waals surface area (Å²) < 4.78 is 8.27. The predicted octanol–water partition coefficient (Wildman–Crippen LogP) is 1.59. The standard InChI is InChI=1S/C22H31N5O2/c1-24-9-11-25(12-10-24)15-18-13-22(29-16-18)6-4-7-26(17-22)21(28)19-14-23-20-5-2-3-8-27(19)20/h2-3,5,8,14,18H,4,6-7,9-13,15-17H2,1H3/t18-,22-/m0/s1. The first kappa shape index (κ1) is 19.0. The number of aromatic nitrogens is 2. The molecule has 5 heterocycles. The number of ether oxygens (including phenoxy) is 1. The van der Waals surface area contributed by atoms with E-state index in [9.17, 15) is 4.79 Å². The maximum absolute atomic E-state index is 13.2. The summed E-state index contributed by atoms with van der Waals surface area (Å²) >= 11 is 0. The third-order valence-electron chi connectivity index (χ3n) is 6.86. The summed E-state index contributed by atoms with van der Waals surface area (Å²) in [6, 6.07) is 5.81. The van der Waals surface area contributed by atoms with Crippen molar-refractivity contribution in [1.29, 1.82) is 0 Å². The Balaban J connectivity index is 1.24. The molecule has 3 aliphatic rings. The lowest BCUT2D eigenvalue weighted by atomic mass is 9.86. The molecule has 5 rings (SSSR count). The fourth-order valence-corrected chi connectivity index (χ4v) is 5.26. The zero-order valence-corrected chi connectivity index (χ0v) is 17.3. The summed E-state index contributed by atoms with van der Waals surface area (Å²) in [5.41, 5.74) is 1.29. The van der Waals surface area contributed by atoms with Gasteiger partial charge in [-0.05, 0) is 44.4 Å². The molecule has 7 heteroatoms. The fourth-order valence-electron chi connectivity index (χ4n) is 5.26. The Bertz CT molecular complexity index is 875. The van der Waals surface area contributed by atoms with Gasteiger partial charge in [0.1, 0.15) is 11.3 Å². The van der Waals surface area contributed by atoms with Crippen molar-refractivity contribution in [3.05, 3.63) is 36.3 Å². The number of fused-ring (bicyclic) bond motifs is 1. The van der Waals surface area contributed by atoms with Crippen LogP contribution in [0.5, 0.6) is 0 Å². The topological polar surface area (TPSA) is 53.3 Å². The lowest BCUT2D eigenvalue weighted by Crippen LogP contribution is -2.50. The highest BCUT2D eigenvalue weighted by Crippen LogP contribution is 2.38. The van der Waals surface area contributed by atoms with Crippen LogP contribution in [0.25, 0.3) is 5.65 Å². The molecule has 2 atom stereocenters. The molecule has 0 N–H and O–H groups in total. The summed E-state index contributed by atoms with van der Waals surface area (Å²) in [5.74, 6) is 0.637. The Morgan fingerprint density at radius 2 is 2.10 bits per heavy atom. The van der Waals surface area contributed by atoms with Crippen molar-refractivity contribution in [3.63, 3.8) is 0 Å². The third kappa shape index (κ3) is 3.79. The number of likely N-dealkylation sites (tertiary alicyclic amines) is 1. The second kappa shape index (κ2) is 7.70. The summed E-state index contributed by atoms with van der Waals surface area (Å²) in [6.07, 6.45) is 6.74. The minimum Gasteiger partial charge on any atom is -0.373 e. The first-order valence-corrected chi connectivity index (χ1v) is 10.9. The van der Waals surface area contributed by atoms with Crippen molar-refractivity contribution in [3.8, 4) is 0 Å². The largest absolute Gasteiger partial charge is 0.373 e.